The third-order valence-corrected chi connectivity index (χ3v) is 3.52. The zero-order valence-electron chi connectivity index (χ0n) is 10.6. The number of aromatic nitrogens is 2. The van der Waals surface area contributed by atoms with Crippen molar-refractivity contribution in [2.45, 2.75) is 44.7 Å². The number of fused-ring (bicyclic) bond motifs is 1. The molecule has 1 saturated carbocycles. The molecule has 1 unspecified atom stereocenters. The number of halogens is 1. The molecule has 18 heavy (non-hydrogen) atoms. The number of imidazole rings is 1. The van der Waals surface area contributed by atoms with Crippen LogP contribution in [0.2, 0.25) is 0 Å². The Balaban J connectivity index is 2.14. The summed E-state index contributed by atoms with van der Waals surface area (Å²) in [5.41, 5.74) is 7.94. The Kier molecular flexibility index (Phi) is 2.82. The molecule has 3 rings (SSSR count). The highest BCUT2D eigenvalue weighted by atomic mass is 19.1. The van der Waals surface area contributed by atoms with Crippen LogP contribution in [0, 0.1) is 5.82 Å². The number of hydrogen-bond acceptors (Lipinski definition) is 2. The van der Waals surface area contributed by atoms with Crippen LogP contribution in [0.5, 0.6) is 0 Å². The molecule has 4 heteroatoms. The molecule has 1 fully saturated rings. The van der Waals surface area contributed by atoms with Gasteiger partial charge in [-0.25, -0.2) is 9.37 Å². The van der Waals surface area contributed by atoms with Crippen molar-refractivity contribution in [1.82, 2.24) is 9.55 Å². The van der Waals surface area contributed by atoms with Crippen LogP contribution in [0.1, 0.15) is 50.5 Å². The van der Waals surface area contributed by atoms with E-state index >= 15 is 0 Å². The largest absolute Gasteiger partial charge is 0.324 e. The molecule has 1 atom stereocenters. The van der Waals surface area contributed by atoms with Gasteiger partial charge in [0.15, 0.2) is 0 Å². The van der Waals surface area contributed by atoms with Gasteiger partial charge in [0.1, 0.15) is 11.6 Å². The van der Waals surface area contributed by atoms with Crippen molar-refractivity contribution in [1.29, 1.82) is 0 Å². The van der Waals surface area contributed by atoms with Crippen molar-refractivity contribution < 1.29 is 4.39 Å². The maximum absolute atomic E-state index is 13.3. The molecule has 0 bridgehead atoms. The van der Waals surface area contributed by atoms with Gasteiger partial charge in [-0.2, -0.15) is 0 Å². The molecule has 1 aliphatic carbocycles. The van der Waals surface area contributed by atoms with Gasteiger partial charge in [-0.05, 0) is 31.4 Å². The summed E-state index contributed by atoms with van der Waals surface area (Å²) in [5, 5.41) is 0. The fraction of sp³-hybridized carbons (Fsp3) is 0.500. The summed E-state index contributed by atoms with van der Waals surface area (Å²) in [7, 11) is 0. The summed E-state index contributed by atoms with van der Waals surface area (Å²) in [5.74, 6) is 0.679. The van der Waals surface area contributed by atoms with Crippen molar-refractivity contribution in [2.75, 3.05) is 0 Å². The first-order valence-electron chi connectivity index (χ1n) is 6.63. The second-order valence-corrected chi connectivity index (χ2v) is 5.10. The van der Waals surface area contributed by atoms with Crippen molar-refractivity contribution in [3.05, 3.63) is 29.8 Å². The third-order valence-electron chi connectivity index (χ3n) is 3.52. The molecule has 1 aromatic heterocycles. The van der Waals surface area contributed by atoms with Crippen LogP contribution < -0.4 is 5.73 Å². The molecule has 2 N–H and O–H groups in total. The molecule has 1 aliphatic rings. The Labute approximate surface area is 106 Å². The lowest BCUT2D eigenvalue weighted by molar-refractivity contribution is 0.561. The molecule has 0 spiro atoms. The predicted octanol–water partition coefficient (Wildman–Crippen LogP) is 3.31. The van der Waals surface area contributed by atoms with Crippen LogP contribution in [0.25, 0.3) is 11.0 Å². The van der Waals surface area contributed by atoms with Gasteiger partial charge < -0.3 is 10.3 Å². The Hall–Kier alpha value is -1.42. The number of hydrogen-bond donors (Lipinski definition) is 1. The highest BCUT2D eigenvalue weighted by Crippen LogP contribution is 2.40. The Morgan fingerprint density at radius 3 is 2.94 bits per heavy atom. The summed E-state index contributed by atoms with van der Waals surface area (Å²) in [4.78, 5) is 4.55. The minimum absolute atomic E-state index is 0.0499. The molecule has 2 aromatic rings. The van der Waals surface area contributed by atoms with Gasteiger partial charge in [-0.3, -0.25) is 0 Å². The lowest BCUT2D eigenvalue weighted by Crippen LogP contribution is -2.16. The van der Waals surface area contributed by atoms with E-state index in [2.05, 4.69) is 16.5 Å². The van der Waals surface area contributed by atoms with Gasteiger partial charge in [-0.1, -0.05) is 13.3 Å². The summed E-state index contributed by atoms with van der Waals surface area (Å²) in [6, 6.07) is 5.27. The molecule has 0 saturated heterocycles. The molecular weight excluding hydrogens is 229 g/mol. The van der Waals surface area contributed by atoms with Crippen LogP contribution in [0.3, 0.4) is 0 Å². The molecule has 1 aromatic carbocycles. The maximum Gasteiger partial charge on any atom is 0.127 e. The highest BCUT2D eigenvalue weighted by Gasteiger charge is 2.29. The summed E-state index contributed by atoms with van der Waals surface area (Å²) >= 11 is 0. The standard InChI is InChI=1S/C14H18FN3/c1-2-3-11(16)14-17-12-8-9(15)4-7-13(12)18(14)10-5-6-10/h4,7-8,10-11H,2-3,5-6,16H2,1H3. The second kappa shape index (κ2) is 4.35. The number of benzene rings is 1. The number of rotatable bonds is 4. The van der Waals surface area contributed by atoms with E-state index in [1.807, 2.05) is 6.07 Å². The van der Waals surface area contributed by atoms with Crippen molar-refractivity contribution in [2.24, 2.45) is 5.73 Å². The highest BCUT2D eigenvalue weighted by molar-refractivity contribution is 5.76. The van der Waals surface area contributed by atoms with Crippen LogP contribution >= 0.6 is 0 Å². The Morgan fingerprint density at radius 2 is 2.28 bits per heavy atom. The summed E-state index contributed by atoms with van der Waals surface area (Å²) in [6.07, 6.45) is 4.30. The fourth-order valence-electron chi connectivity index (χ4n) is 2.51. The topological polar surface area (TPSA) is 43.8 Å². The van der Waals surface area contributed by atoms with E-state index in [4.69, 9.17) is 5.73 Å². The van der Waals surface area contributed by atoms with Gasteiger partial charge in [0.2, 0.25) is 0 Å². The van der Waals surface area contributed by atoms with E-state index in [1.54, 1.807) is 0 Å². The number of nitrogens with two attached hydrogens (primary N) is 1. The SMILES string of the molecule is CCCC(N)c1nc2cc(F)ccc2n1C1CC1. The Bertz CT molecular complexity index is 572. The molecular formula is C14H18FN3. The van der Waals surface area contributed by atoms with E-state index in [1.165, 1.54) is 25.0 Å². The van der Waals surface area contributed by atoms with Gasteiger partial charge >= 0.3 is 0 Å². The van der Waals surface area contributed by atoms with E-state index in [-0.39, 0.29) is 11.9 Å². The lowest BCUT2D eigenvalue weighted by atomic mass is 10.1. The first-order chi connectivity index (χ1) is 8.70. The monoisotopic (exact) mass is 247 g/mol. The van der Waals surface area contributed by atoms with E-state index in [9.17, 15) is 4.39 Å². The van der Waals surface area contributed by atoms with Gasteiger partial charge in [0.05, 0.1) is 17.1 Å². The summed E-state index contributed by atoms with van der Waals surface area (Å²) < 4.78 is 15.5. The fourth-order valence-corrected chi connectivity index (χ4v) is 2.51. The van der Waals surface area contributed by atoms with E-state index < -0.39 is 0 Å². The van der Waals surface area contributed by atoms with Crippen molar-refractivity contribution >= 4 is 11.0 Å². The molecule has 0 aliphatic heterocycles. The minimum Gasteiger partial charge on any atom is -0.324 e. The Morgan fingerprint density at radius 1 is 1.50 bits per heavy atom. The molecule has 1 heterocycles. The van der Waals surface area contributed by atoms with Gasteiger partial charge in [-0.15, -0.1) is 0 Å². The minimum atomic E-state index is -0.237. The molecule has 0 amide bonds. The smallest absolute Gasteiger partial charge is 0.127 e. The lowest BCUT2D eigenvalue weighted by Gasteiger charge is -2.13. The van der Waals surface area contributed by atoms with Crippen LogP contribution in [0.15, 0.2) is 18.2 Å². The molecule has 0 radical (unpaired) electrons. The maximum atomic E-state index is 13.3. The quantitative estimate of drug-likeness (QED) is 0.900. The number of nitrogens with zero attached hydrogens (tertiary/aromatic N) is 2. The molecule has 3 nitrogen and oxygen atoms in total. The van der Waals surface area contributed by atoms with Crippen LogP contribution in [0.4, 0.5) is 4.39 Å². The average Bonchev–Trinajstić information content (AvgIpc) is 3.10. The normalized spacial score (nSPS) is 17.3. The zero-order chi connectivity index (χ0) is 12.7. The van der Waals surface area contributed by atoms with E-state index in [0.717, 1.165) is 29.7 Å². The third kappa shape index (κ3) is 1.90. The predicted molar refractivity (Wildman–Crippen MR) is 69.8 cm³/mol. The van der Waals surface area contributed by atoms with Gasteiger partial charge in [0.25, 0.3) is 0 Å². The average molecular weight is 247 g/mol. The zero-order valence-corrected chi connectivity index (χ0v) is 10.6. The van der Waals surface area contributed by atoms with Crippen molar-refractivity contribution in [3.8, 4) is 0 Å². The first kappa shape index (κ1) is 11.7. The second-order valence-electron chi connectivity index (χ2n) is 5.10. The first-order valence-corrected chi connectivity index (χ1v) is 6.63. The van der Waals surface area contributed by atoms with Gasteiger partial charge in [0, 0.05) is 12.1 Å². The van der Waals surface area contributed by atoms with Crippen LogP contribution in [-0.2, 0) is 0 Å². The summed E-state index contributed by atoms with van der Waals surface area (Å²) in [6.45, 7) is 2.11. The van der Waals surface area contributed by atoms with Crippen molar-refractivity contribution in [3.63, 3.8) is 0 Å². The molecule has 96 valence electrons. The van der Waals surface area contributed by atoms with E-state index in [0.29, 0.717) is 6.04 Å². The van der Waals surface area contributed by atoms with Crippen LogP contribution in [-0.4, -0.2) is 9.55 Å².